The Kier molecular flexibility index (Phi) is 1.80. The minimum absolute atomic E-state index is 0.182. The van der Waals surface area contributed by atoms with E-state index in [2.05, 4.69) is 0 Å². The van der Waals surface area contributed by atoms with Crippen LogP contribution in [0.25, 0.3) is 0 Å². The van der Waals surface area contributed by atoms with Gasteiger partial charge < -0.3 is 4.74 Å². The summed E-state index contributed by atoms with van der Waals surface area (Å²) in [5.41, 5.74) is 0.999. The maximum absolute atomic E-state index is 5.89. The lowest BCUT2D eigenvalue weighted by molar-refractivity contribution is 0.416. The van der Waals surface area contributed by atoms with Gasteiger partial charge in [-0.15, -0.1) is 0 Å². The van der Waals surface area contributed by atoms with E-state index in [4.69, 9.17) is 27.9 Å². The highest BCUT2D eigenvalue weighted by Gasteiger charge is 2.26. The summed E-state index contributed by atoms with van der Waals surface area (Å²) < 4.78 is 5.09. The summed E-state index contributed by atoms with van der Waals surface area (Å²) in [5.74, 6) is 0. The van der Waals surface area contributed by atoms with Crippen molar-refractivity contribution in [2.75, 3.05) is 6.61 Å². The van der Waals surface area contributed by atoms with Crippen molar-refractivity contribution < 1.29 is 4.74 Å². The molecule has 0 spiro atoms. The largest absolute Gasteiger partial charge is 0.368 e. The molecule has 2 rings (SSSR count). The Morgan fingerprint density at radius 3 is 2.73 bits per heavy atom. The monoisotopic (exact) mass is 188 g/mol. The fourth-order valence-corrected chi connectivity index (χ4v) is 1.41. The molecule has 0 aliphatic carbocycles. The molecule has 1 atom stereocenters. The topological polar surface area (TPSA) is 12.5 Å². The molecule has 1 saturated heterocycles. The maximum atomic E-state index is 5.89. The van der Waals surface area contributed by atoms with Gasteiger partial charge in [0.2, 0.25) is 0 Å². The number of epoxide rings is 1. The molecule has 0 radical (unpaired) electrons. The van der Waals surface area contributed by atoms with Crippen molar-refractivity contribution in [3.8, 4) is 0 Å². The van der Waals surface area contributed by atoms with E-state index < -0.39 is 0 Å². The first-order valence-corrected chi connectivity index (χ1v) is 4.09. The predicted molar refractivity (Wildman–Crippen MR) is 45.2 cm³/mol. The molecule has 0 aromatic heterocycles. The minimum atomic E-state index is 0.182. The molecule has 58 valence electrons. The van der Waals surface area contributed by atoms with Gasteiger partial charge in [0.1, 0.15) is 6.10 Å². The van der Waals surface area contributed by atoms with Crippen LogP contribution in [0.2, 0.25) is 10.0 Å². The van der Waals surface area contributed by atoms with Crippen LogP contribution in [0.4, 0.5) is 0 Å². The molecule has 1 aromatic carbocycles. The van der Waals surface area contributed by atoms with Gasteiger partial charge in [-0.3, -0.25) is 0 Å². The van der Waals surface area contributed by atoms with Gasteiger partial charge in [-0.1, -0.05) is 23.2 Å². The zero-order chi connectivity index (χ0) is 7.84. The molecule has 0 bridgehead atoms. The number of benzene rings is 1. The highest BCUT2D eigenvalue weighted by Crippen LogP contribution is 2.35. The van der Waals surface area contributed by atoms with Crippen molar-refractivity contribution in [3.05, 3.63) is 33.8 Å². The average molecular weight is 189 g/mol. The zero-order valence-electron chi connectivity index (χ0n) is 5.68. The van der Waals surface area contributed by atoms with Crippen LogP contribution in [-0.4, -0.2) is 6.61 Å². The summed E-state index contributed by atoms with van der Waals surface area (Å²) in [5, 5.41) is 1.44. The quantitative estimate of drug-likeness (QED) is 0.618. The van der Waals surface area contributed by atoms with Crippen molar-refractivity contribution in [2.45, 2.75) is 6.10 Å². The summed E-state index contributed by atoms with van der Waals surface area (Å²) >= 11 is 11.7. The third-order valence-electron chi connectivity index (χ3n) is 1.64. The summed E-state index contributed by atoms with van der Waals surface area (Å²) in [7, 11) is 0. The first-order valence-electron chi connectivity index (χ1n) is 3.34. The fraction of sp³-hybridized carbons (Fsp3) is 0.250. The van der Waals surface area contributed by atoms with Crippen LogP contribution in [0.1, 0.15) is 11.7 Å². The highest BCUT2D eigenvalue weighted by molar-refractivity contribution is 6.33. The lowest BCUT2D eigenvalue weighted by Crippen LogP contribution is -1.81. The Morgan fingerprint density at radius 2 is 2.09 bits per heavy atom. The summed E-state index contributed by atoms with van der Waals surface area (Å²) in [4.78, 5) is 0. The van der Waals surface area contributed by atoms with Gasteiger partial charge in [0.25, 0.3) is 0 Å². The maximum Gasteiger partial charge on any atom is 0.107 e. The molecule has 1 aromatic rings. The van der Waals surface area contributed by atoms with E-state index in [1.54, 1.807) is 12.1 Å². The van der Waals surface area contributed by atoms with Crippen molar-refractivity contribution >= 4 is 23.2 Å². The lowest BCUT2D eigenvalue weighted by atomic mass is 10.2. The van der Waals surface area contributed by atoms with E-state index in [0.29, 0.717) is 5.02 Å². The normalized spacial score (nSPS) is 21.8. The van der Waals surface area contributed by atoms with Crippen LogP contribution in [0.5, 0.6) is 0 Å². The van der Waals surface area contributed by atoms with Crippen LogP contribution in [-0.2, 0) is 4.74 Å². The highest BCUT2D eigenvalue weighted by atomic mass is 35.5. The molecule has 1 fully saturated rings. The van der Waals surface area contributed by atoms with Gasteiger partial charge in [0.05, 0.1) is 6.61 Å². The second-order valence-corrected chi connectivity index (χ2v) is 3.33. The molecule has 3 heteroatoms. The first kappa shape index (κ1) is 7.41. The summed E-state index contributed by atoms with van der Waals surface area (Å²) in [6.45, 7) is 0.764. The SMILES string of the molecule is Clc1ccc(Cl)c([C@@H]2CO2)c1. The van der Waals surface area contributed by atoms with Crippen molar-refractivity contribution in [1.82, 2.24) is 0 Å². The fourth-order valence-electron chi connectivity index (χ4n) is 0.989. The van der Waals surface area contributed by atoms with E-state index in [1.165, 1.54) is 0 Å². The van der Waals surface area contributed by atoms with E-state index in [1.807, 2.05) is 6.07 Å². The average Bonchev–Trinajstić information content (AvgIpc) is 2.76. The standard InChI is InChI=1S/C8H6Cl2O/c9-5-1-2-7(10)6(3-5)8-4-11-8/h1-3,8H,4H2/t8-/m0/s1. The van der Waals surface area contributed by atoms with Crippen LogP contribution in [0, 0.1) is 0 Å². The van der Waals surface area contributed by atoms with E-state index >= 15 is 0 Å². The van der Waals surface area contributed by atoms with Gasteiger partial charge in [0, 0.05) is 15.6 Å². The second-order valence-electron chi connectivity index (χ2n) is 2.49. The van der Waals surface area contributed by atoms with Crippen LogP contribution >= 0.6 is 23.2 Å². The predicted octanol–water partition coefficient (Wildman–Crippen LogP) is 3.06. The number of ether oxygens (including phenoxy) is 1. The van der Waals surface area contributed by atoms with Gasteiger partial charge in [-0.25, -0.2) is 0 Å². The van der Waals surface area contributed by atoms with Gasteiger partial charge in [0.15, 0.2) is 0 Å². The molecule has 1 aliphatic rings. The van der Waals surface area contributed by atoms with Crippen molar-refractivity contribution in [3.63, 3.8) is 0 Å². The molecule has 11 heavy (non-hydrogen) atoms. The minimum Gasteiger partial charge on any atom is -0.368 e. The number of rotatable bonds is 1. The van der Waals surface area contributed by atoms with Crippen LogP contribution in [0.15, 0.2) is 18.2 Å². The Hall–Kier alpha value is -0.240. The molecule has 0 unspecified atom stereocenters. The Morgan fingerprint density at radius 1 is 1.36 bits per heavy atom. The van der Waals surface area contributed by atoms with E-state index in [0.717, 1.165) is 17.2 Å². The molecule has 0 amide bonds. The third kappa shape index (κ3) is 1.51. The molecule has 0 N–H and O–H groups in total. The molecule has 0 saturated carbocycles. The third-order valence-corrected chi connectivity index (χ3v) is 2.22. The number of hydrogen-bond donors (Lipinski definition) is 0. The first-order chi connectivity index (χ1) is 5.27. The van der Waals surface area contributed by atoms with Crippen LogP contribution in [0.3, 0.4) is 0 Å². The molecular formula is C8H6Cl2O. The summed E-state index contributed by atoms with van der Waals surface area (Å²) in [6.07, 6.45) is 0.182. The van der Waals surface area contributed by atoms with E-state index in [9.17, 15) is 0 Å². The number of halogens is 2. The zero-order valence-corrected chi connectivity index (χ0v) is 7.19. The molecule has 1 nitrogen and oxygen atoms in total. The number of hydrogen-bond acceptors (Lipinski definition) is 1. The lowest BCUT2D eigenvalue weighted by Gasteiger charge is -1.99. The Labute approximate surface area is 74.9 Å². The van der Waals surface area contributed by atoms with Gasteiger partial charge in [-0.05, 0) is 18.2 Å². The summed E-state index contributed by atoms with van der Waals surface area (Å²) in [6, 6.07) is 5.41. The van der Waals surface area contributed by atoms with E-state index in [-0.39, 0.29) is 6.10 Å². The Bertz CT molecular complexity index is 281. The van der Waals surface area contributed by atoms with Gasteiger partial charge >= 0.3 is 0 Å². The van der Waals surface area contributed by atoms with Crippen LogP contribution < -0.4 is 0 Å². The van der Waals surface area contributed by atoms with Crippen molar-refractivity contribution in [1.29, 1.82) is 0 Å². The molecule has 1 heterocycles. The smallest absolute Gasteiger partial charge is 0.107 e. The van der Waals surface area contributed by atoms with Gasteiger partial charge in [-0.2, -0.15) is 0 Å². The second kappa shape index (κ2) is 2.67. The van der Waals surface area contributed by atoms with Crippen molar-refractivity contribution in [2.24, 2.45) is 0 Å². The molecule has 1 aliphatic heterocycles. The Balaban J connectivity index is 2.42. The molecular weight excluding hydrogens is 183 g/mol.